The van der Waals surface area contributed by atoms with Crippen molar-refractivity contribution in [2.75, 3.05) is 19.8 Å². The second-order valence-electron chi connectivity index (χ2n) is 8.28. The van der Waals surface area contributed by atoms with Crippen molar-refractivity contribution in [3.63, 3.8) is 0 Å². The van der Waals surface area contributed by atoms with Crippen LogP contribution in [0, 0.1) is 0 Å². The van der Waals surface area contributed by atoms with Gasteiger partial charge in [-0.25, -0.2) is 0 Å². The molecule has 1 aromatic heterocycles. The fraction of sp³-hybridized carbons (Fsp3) is 0.308. The predicted molar refractivity (Wildman–Crippen MR) is 131 cm³/mol. The number of nitrogens with one attached hydrogen (secondary N) is 1. The minimum absolute atomic E-state index is 0.0177. The van der Waals surface area contributed by atoms with E-state index in [0.717, 1.165) is 16.5 Å². The molecule has 1 saturated heterocycles. The van der Waals surface area contributed by atoms with Crippen molar-refractivity contribution >= 4 is 40.0 Å². The zero-order valence-corrected chi connectivity index (χ0v) is 20.1. The van der Waals surface area contributed by atoms with Gasteiger partial charge in [0.15, 0.2) is 0 Å². The largest absolute Gasteiger partial charge is 0.507 e. The van der Waals surface area contributed by atoms with Crippen molar-refractivity contribution in [1.82, 2.24) is 9.88 Å². The number of amides is 1. The van der Waals surface area contributed by atoms with Gasteiger partial charge in [0.1, 0.15) is 11.5 Å². The summed E-state index contributed by atoms with van der Waals surface area (Å²) in [5.41, 5.74) is 1.95. The number of hydrogen-bond donors (Lipinski definition) is 2. The Morgan fingerprint density at radius 2 is 1.97 bits per heavy atom. The quantitative estimate of drug-likeness (QED) is 0.266. The Morgan fingerprint density at radius 1 is 1.21 bits per heavy atom. The molecule has 2 N–H and O–H groups in total. The van der Waals surface area contributed by atoms with Gasteiger partial charge in [-0.1, -0.05) is 29.8 Å². The third kappa shape index (κ3) is 4.41. The Labute approximate surface area is 202 Å². The van der Waals surface area contributed by atoms with Gasteiger partial charge < -0.3 is 24.5 Å². The predicted octanol–water partition coefficient (Wildman–Crippen LogP) is 5.07. The second kappa shape index (κ2) is 9.91. The van der Waals surface area contributed by atoms with E-state index in [9.17, 15) is 14.7 Å². The fourth-order valence-electron chi connectivity index (χ4n) is 4.21. The molecule has 1 atom stereocenters. The number of ketones is 1. The van der Waals surface area contributed by atoms with Crippen molar-refractivity contribution in [2.24, 2.45) is 0 Å². The molecule has 34 heavy (non-hydrogen) atoms. The number of benzene rings is 2. The Morgan fingerprint density at radius 3 is 2.71 bits per heavy atom. The highest BCUT2D eigenvalue weighted by Crippen LogP contribution is 2.42. The van der Waals surface area contributed by atoms with E-state index in [1.165, 1.54) is 4.90 Å². The number of likely N-dealkylation sites (tertiary alicyclic amines) is 1. The minimum Gasteiger partial charge on any atom is -0.507 e. The van der Waals surface area contributed by atoms with Crippen LogP contribution in [-0.4, -0.2) is 52.5 Å². The summed E-state index contributed by atoms with van der Waals surface area (Å²) in [4.78, 5) is 31.0. The van der Waals surface area contributed by atoms with E-state index in [0.29, 0.717) is 22.9 Å². The van der Waals surface area contributed by atoms with Crippen LogP contribution in [-0.2, 0) is 14.3 Å². The van der Waals surface area contributed by atoms with E-state index >= 15 is 0 Å². The standard InChI is InChI=1S/C26H27ClN2O5/c1-4-33-21-13-16(9-10-19(21)27)24(30)22-23(18-14-28-20-8-6-5-7-17(18)20)29(26(32)25(22)31)11-12-34-15(2)3/h5-10,13-15,23,28,30H,4,11-12H2,1-3H3/b24-22+. The molecule has 3 aromatic rings. The van der Waals surface area contributed by atoms with Gasteiger partial charge in [-0.15, -0.1) is 0 Å². The highest BCUT2D eigenvalue weighted by atomic mass is 35.5. The molecule has 1 fully saturated rings. The van der Waals surface area contributed by atoms with Crippen LogP contribution < -0.4 is 4.74 Å². The molecule has 0 saturated carbocycles. The van der Waals surface area contributed by atoms with Crippen LogP contribution in [0.4, 0.5) is 0 Å². The molecule has 1 aliphatic heterocycles. The van der Waals surface area contributed by atoms with Gasteiger partial charge in [0.2, 0.25) is 0 Å². The number of ether oxygens (including phenoxy) is 2. The van der Waals surface area contributed by atoms with Gasteiger partial charge in [0.05, 0.1) is 36.0 Å². The molecule has 2 aromatic carbocycles. The Kier molecular flexibility index (Phi) is 6.95. The third-order valence-corrected chi connectivity index (χ3v) is 6.06. The Balaban J connectivity index is 1.86. The summed E-state index contributed by atoms with van der Waals surface area (Å²) in [5, 5.41) is 12.6. The second-order valence-corrected chi connectivity index (χ2v) is 8.69. The summed E-state index contributed by atoms with van der Waals surface area (Å²) >= 11 is 6.20. The number of Topliss-reactive ketones (excluding diaryl/α,β-unsaturated/α-hetero) is 1. The Bertz CT molecular complexity index is 1260. The lowest BCUT2D eigenvalue weighted by atomic mass is 9.95. The maximum Gasteiger partial charge on any atom is 0.295 e. The zero-order valence-electron chi connectivity index (χ0n) is 19.3. The van der Waals surface area contributed by atoms with Gasteiger partial charge in [0, 0.05) is 34.8 Å². The average Bonchev–Trinajstić information content (AvgIpc) is 3.34. The van der Waals surface area contributed by atoms with Crippen LogP contribution in [0.3, 0.4) is 0 Å². The molecule has 0 spiro atoms. The number of nitrogens with zero attached hydrogens (tertiary/aromatic N) is 1. The van der Waals surface area contributed by atoms with E-state index in [1.54, 1.807) is 24.4 Å². The van der Waals surface area contributed by atoms with Gasteiger partial charge in [-0.05, 0) is 45.0 Å². The van der Waals surface area contributed by atoms with Crippen LogP contribution >= 0.6 is 11.6 Å². The first-order chi connectivity index (χ1) is 16.3. The number of aromatic nitrogens is 1. The first-order valence-electron chi connectivity index (χ1n) is 11.2. The number of aromatic amines is 1. The molecular formula is C26H27ClN2O5. The number of para-hydroxylation sites is 1. The molecule has 0 aliphatic carbocycles. The van der Waals surface area contributed by atoms with E-state index in [1.807, 2.05) is 45.0 Å². The number of rotatable bonds is 8. The van der Waals surface area contributed by atoms with Crippen molar-refractivity contribution < 1.29 is 24.2 Å². The summed E-state index contributed by atoms with van der Waals surface area (Å²) in [6, 6.07) is 11.6. The monoisotopic (exact) mass is 482 g/mol. The van der Waals surface area contributed by atoms with E-state index in [-0.39, 0.29) is 30.6 Å². The molecule has 4 rings (SSSR count). The van der Waals surface area contributed by atoms with Crippen molar-refractivity contribution in [2.45, 2.75) is 32.9 Å². The molecule has 1 unspecified atom stereocenters. The van der Waals surface area contributed by atoms with Crippen LogP contribution in [0.15, 0.2) is 54.2 Å². The summed E-state index contributed by atoms with van der Waals surface area (Å²) in [6.07, 6.45) is 1.76. The maximum atomic E-state index is 13.2. The fourth-order valence-corrected chi connectivity index (χ4v) is 4.39. The topological polar surface area (TPSA) is 91.9 Å². The number of aliphatic hydroxyl groups excluding tert-OH is 1. The number of hydrogen-bond acceptors (Lipinski definition) is 5. The van der Waals surface area contributed by atoms with Crippen LogP contribution in [0.2, 0.25) is 5.02 Å². The normalized spacial score (nSPS) is 17.8. The molecule has 2 heterocycles. The SMILES string of the molecule is CCOc1cc(/C(O)=C2\C(=O)C(=O)N(CCOC(C)C)C2c2c[nH]c3ccccc23)ccc1Cl. The molecular weight excluding hydrogens is 456 g/mol. The van der Waals surface area contributed by atoms with E-state index in [4.69, 9.17) is 21.1 Å². The molecule has 0 bridgehead atoms. The van der Waals surface area contributed by atoms with Crippen LogP contribution in [0.5, 0.6) is 5.75 Å². The molecule has 8 heteroatoms. The summed E-state index contributed by atoms with van der Waals surface area (Å²) in [7, 11) is 0. The van der Waals surface area contributed by atoms with Gasteiger partial charge in [-0.2, -0.15) is 0 Å². The first-order valence-corrected chi connectivity index (χ1v) is 11.6. The third-order valence-electron chi connectivity index (χ3n) is 5.74. The summed E-state index contributed by atoms with van der Waals surface area (Å²) < 4.78 is 11.2. The summed E-state index contributed by atoms with van der Waals surface area (Å²) in [6.45, 7) is 6.49. The molecule has 178 valence electrons. The van der Waals surface area contributed by atoms with Crippen molar-refractivity contribution in [3.05, 3.63) is 70.4 Å². The van der Waals surface area contributed by atoms with E-state index in [2.05, 4.69) is 4.98 Å². The van der Waals surface area contributed by atoms with Crippen LogP contribution in [0.1, 0.15) is 37.9 Å². The number of halogens is 1. The minimum atomic E-state index is -0.780. The maximum absolute atomic E-state index is 13.2. The lowest BCUT2D eigenvalue weighted by molar-refractivity contribution is -0.140. The van der Waals surface area contributed by atoms with E-state index < -0.39 is 17.7 Å². The van der Waals surface area contributed by atoms with Crippen molar-refractivity contribution in [1.29, 1.82) is 0 Å². The van der Waals surface area contributed by atoms with Crippen LogP contribution in [0.25, 0.3) is 16.7 Å². The number of carbonyl (C=O) groups is 2. The summed E-state index contributed by atoms with van der Waals surface area (Å²) in [5.74, 6) is -1.32. The highest BCUT2D eigenvalue weighted by Gasteiger charge is 2.46. The number of fused-ring (bicyclic) bond motifs is 1. The molecule has 0 radical (unpaired) electrons. The number of H-pyrrole nitrogens is 1. The molecule has 1 aliphatic rings. The Hall–Kier alpha value is -3.29. The smallest absolute Gasteiger partial charge is 0.295 e. The number of carbonyl (C=O) groups excluding carboxylic acids is 2. The number of aliphatic hydroxyl groups is 1. The molecule has 1 amide bonds. The highest BCUT2D eigenvalue weighted by molar-refractivity contribution is 6.46. The van der Waals surface area contributed by atoms with Gasteiger partial charge in [-0.3, -0.25) is 9.59 Å². The average molecular weight is 483 g/mol. The lowest BCUT2D eigenvalue weighted by Gasteiger charge is -2.25. The van der Waals surface area contributed by atoms with Crippen molar-refractivity contribution in [3.8, 4) is 5.75 Å². The van der Waals surface area contributed by atoms with Gasteiger partial charge >= 0.3 is 0 Å². The van der Waals surface area contributed by atoms with Gasteiger partial charge in [0.25, 0.3) is 11.7 Å². The lowest BCUT2D eigenvalue weighted by Crippen LogP contribution is -2.33. The molecule has 7 nitrogen and oxygen atoms in total. The zero-order chi connectivity index (χ0) is 24.4. The first kappa shape index (κ1) is 23.9.